The maximum absolute atomic E-state index is 15.9. The molecule has 0 unspecified atom stereocenters. The van der Waals surface area contributed by atoms with Crippen LogP contribution in [0.3, 0.4) is 0 Å². The molecule has 6 rings (SSSR count). The highest BCUT2D eigenvalue weighted by Crippen LogP contribution is 2.35. The van der Waals surface area contributed by atoms with Crippen LogP contribution in [0.15, 0.2) is 49.2 Å². The molecule has 0 amide bonds. The zero-order chi connectivity index (χ0) is 23.9. The van der Waals surface area contributed by atoms with Gasteiger partial charge in [0, 0.05) is 41.1 Å². The van der Waals surface area contributed by atoms with Crippen molar-refractivity contribution in [3.63, 3.8) is 0 Å². The van der Waals surface area contributed by atoms with Gasteiger partial charge in [-0.05, 0) is 30.3 Å². The van der Waals surface area contributed by atoms with E-state index in [1.54, 1.807) is 37.1 Å². The summed E-state index contributed by atoms with van der Waals surface area (Å²) in [6.45, 7) is 3.46. The van der Waals surface area contributed by atoms with Crippen molar-refractivity contribution in [2.45, 2.75) is 13.5 Å². The lowest BCUT2D eigenvalue weighted by Crippen LogP contribution is -2.11. The van der Waals surface area contributed by atoms with E-state index in [0.29, 0.717) is 50.6 Å². The van der Waals surface area contributed by atoms with Gasteiger partial charge >= 0.3 is 0 Å². The van der Waals surface area contributed by atoms with Crippen molar-refractivity contribution >= 4 is 33.3 Å². The minimum Gasteiger partial charge on any atom is -0.335 e. The predicted molar refractivity (Wildman–Crippen MR) is 131 cm³/mol. The first kappa shape index (κ1) is 21.4. The second kappa shape index (κ2) is 8.60. The zero-order valence-corrected chi connectivity index (χ0v) is 19.2. The molecule has 0 aliphatic carbocycles. The molecule has 0 aliphatic rings. The summed E-state index contributed by atoms with van der Waals surface area (Å²) in [6.07, 6.45) is 8.14. The van der Waals surface area contributed by atoms with Gasteiger partial charge in [-0.15, -0.1) is 11.3 Å². The van der Waals surface area contributed by atoms with Gasteiger partial charge in [0.05, 0.1) is 28.8 Å². The zero-order valence-electron chi connectivity index (χ0n) is 18.4. The fourth-order valence-electron chi connectivity index (χ4n) is 4.02. The number of fused-ring (bicyclic) bond motifs is 2. The molecule has 6 aromatic heterocycles. The Balaban J connectivity index is 1.48. The molecular formula is C24H18F2N8S. The normalized spacial score (nSPS) is 11.6. The van der Waals surface area contributed by atoms with Gasteiger partial charge in [0.25, 0.3) is 0 Å². The Labute approximate surface area is 201 Å². The summed E-state index contributed by atoms with van der Waals surface area (Å²) in [5.74, 6) is -0.152. The largest absolute Gasteiger partial charge is 0.335 e. The van der Waals surface area contributed by atoms with Crippen LogP contribution in [-0.2, 0) is 6.54 Å². The summed E-state index contributed by atoms with van der Waals surface area (Å²) < 4.78 is 29.5. The lowest BCUT2D eigenvalue weighted by molar-refractivity contribution is 0.638. The fourth-order valence-corrected chi connectivity index (χ4v) is 4.76. The van der Waals surface area contributed by atoms with E-state index in [0.717, 1.165) is 23.4 Å². The molecule has 35 heavy (non-hydrogen) atoms. The van der Waals surface area contributed by atoms with Crippen LogP contribution in [0.1, 0.15) is 12.5 Å². The highest BCUT2D eigenvalue weighted by atomic mass is 32.1. The van der Waals surface area contributed by atoms with Gasteiger partial charge in [-0.1, -0.05) is 6.92 Å². The first-order valence-corrected chi connectivity index (χ1v) is 11.7. The average Bonchev–Trinajstić information content (AvgIpc) is 3.60. The molecule has 11 heteroatoms. The van der Waals surface area contributed by atoms with Crippen LogP contribution < -0.4 is 5.32 Å². The van der Waals surface area contributed by atoms with Crippen LogP contribution in [0, 0.1) is 10.9 Å². The Hall–Kier alpha value is -4.09. The molecule has 6 aromatic rings. The van der Waals surface area contributed by atoms with Crippen LogP contribution >= 0.6 is 11.3 Å². The first-order valence-electron chi connectivity index (χ1n) is 10.9. The molecule has 6 heterocycles. The third-order valence-corrected chi connectivity index (χ3v) is 6.56. The van der Waals surface area contributed by atoms with Gasteiger partial charge < -0.3 is 10.3 Å². The number of nitrogens with zero attached hydrogens (tertiary/aromatic N) is 5. The molecule has 0 aromatic carbocycles. The minimum atomic E-state index is -0.521. The third kappa shape index (κ3) is 3.74. The molecule has 0 spiro atoms. The Morgan fingerprint density at radius 3 is 2.71 bits per heavy atom. The summed E-state index contributed by atoms with van der Waals surface area (Å²) in [6, 6.07) is 4.95. The predicted octanol–water partition coefficient (Wildman–Crippen LogP) is 5.07. The number of thiophene rings is 1. The summed E-state index contributed by atoms with van der Waals surface area (Å²) in [5, 5.41) is 10.4. The van der Waals surface area contributed by atoms with Crippen LogP contribution in [0.5, 0.6) is 0 Å². The second-order valence-electron chi connectivity index (χ2n) is 7.92. The number of aromatic amines is 2. The van der Waals surface area contributed by atoms with E-state index in [2.05, 4.69) is 40.4 Å². The smallest absolute Gasteiger partial charge is 0.176 e. The molecule has 0 atom stereocenters. The molecule has 0 aliphatic heterocycles. The Morgan fingerprint density at radius 2 is 1.89 bits per heavy atom. The van der Waals surface area contributed by atoms with Crippen molar-refractivity contribution in [2.75, 3.05) is 6.54 Å². The molecule has 174 valence electrons. The number of halogens is 2. The molecular weight excluding hydrogens is 470 g/mol. The van der Waals surface area contributed by atoms with Gasteiger partial charge in [-0.2, -0.15) is 9.49 Å². The molecule has 0 radical (unpaired) electrons. The molecule has 8 nitrogen and oxygen atoms in total. The number of H-pyrrole nitrogens is 2. The molecule has 0 bridgehead atoms. The van der Waals surface area contributed by atoms with Crippen molar-refractivity contribution in [1.82, 2.24) is 40.4 Å². The number of hydrogen-bond donors (Lipinski definition) is 3. The van der Waals surface area contributed by atoms with Gasteiger partial charge in [-0.3, -0.25) is 20.1 Å². The van der Waals surface area contributed by atoms with Crippen LogP contribution in [0.25, 0.3) is 55.2 Å². The van der Waals surface area contributed by atoms with Crippen molar-refractivity contribution in [3.05, 3.63) is 65.7 Å². The lowest BCUT2D eigenvalue weighted by Gasteiger charge is -2.07. The van der Waals surface area contributed by atoms with Crippen molar-refractivity contribution in [2.24, 2.45) is 0 Å². The van der Waals surface area contributed by atoms with E-state index in [9.17, 15) is 4.39 Å². The van der Waals surface area contributed by atoms with Crippen LogP contribution in [-0.4, -0.2) is 41.7 Å². The monoisotopic (exact) mass is 488 g/mol. The van der Waals surface area contributed by atoms with E-state index in [-0.39, 0.29) is 16.2 Å². The topological polar surface area (TPSA) is 108 Å². The van der Waals surface area contributed by atoms with Crippen molar-refractivity contribution < 1.29 is 8.78 Å². The maximum Gasteiger partial charge on any atom is 0.176 e. The average molecular weight is 489 g/mol. The maximum atomic E-state index is 15.9. The standard InChI is InChI=1S/C24H18F2N8S/c1-2-27-6-12-5-13(8-28-7-12)21-20(26)19-15(11-30-21)33-34-23(19)24-31-16-10-29-9-14(22(16)32-24)17-3-4-18(25)35-17/h3-5,7-11,27H,2,6H2,1H3,(H,31,32)(H,33,34). The Morgan fingerprint density at radius 1 is 1.00 bits per heavy atom. The van der Waals surface area contributed by atoms with Gasteiger partial charge in [0.15, 0.2) is 16.8 Å². The number of imidazole rings is 1. The fraction of sp³-hybridized carbons (Fsp3) is 0.125. The van der Waals surface area contributed by atoms with Crippen molar-refractivity contribution in [1.29, 1.82) is 0 Å². The number of nitrogens with one attached hydrogen (secondary N) is 3. The van der Waals surface area contributed by atoms with E-state index >= 15 is 4.39 Å². The molecule has 0 saturated heterocycles. The Bertz CT molecular complexity index is 1690. The lowest BCUT2D eigenvalue weighted by atomic mass is 10.1. The van der Waals surface area contributed by atoms with Crippen LogP contribution in [0.2, 0.25) is 0 Å². The van der Waals surface area contributed by atoms with Gasteiger partial charge in [-0.25, -0.2) is 9.37 Å². The SMILES string of the molecule is CCNCc1cncc(-c2ncc3[nH]nc(-c4nc5c(-c6ccc(F)s6)cncc5[nH]4)c3c2F)c1. The van der Waals surface area contributed by atoms with E-state index < -0.39 is 5.82 Å². The molecule has 0 saturated carbocycles. The quantitative estimate of drug-likeness (QED) is 0.302. The number of hydrogen-bond acceptors (Lipinski definition) is 7. The molecule has 0 fully saturated rings. The van der Waals surface area contributed by atoms with Gasteiger partial charge in [0.2, 0.25) is 0 Å². The summed E-state index contributed by atoms with van der Waals surface area (Å²) in [4.78, 5) is 21.4. The van der Waals surface area contributed by atoms with E-state index in [4.69, 9.17) is 0 Å². The summed E-state index contributed by atoms with van der Waals surface area (Å²) >= 11 is 1.01. The number of rotatable bonds is 6. The van der Waals surface area contributed by atoms with Gasteiger partial charge in [0.1, 0.15) is 16.9 Å². The molecule has 3 N–H and O–H groups in total. The number of pyridine rings is 3. The number of aromatic nitrogens is 7. The van der Waals surface area contributed by atoms with E-state index in [1.165, 1.54) is 6.07 Å². The first-order chi connectivity index (χ1) is 17.1. The third-order valence-electron chi connectivity index (χ3n) is 5.65. The summed E-state index contributed by atoms with van der Waals surface area (Å²) in [7, 11) is 0. The summed E-state index contributed by atoms with van der Waals surface area (Å²) in [5.41, 5.74) is 4.36. The van der Waals surface area contributed by atoms with Crippen LogP contribution in [0.4, 0.5) is 8.78 Å². The highest BCUT2D eigenvalue weighted by Gasteiger charge is 2.21. The Kier molecular flexibility index (Phi) is 5.27. The highest BCUT2D eigenvalue weighted by molar-refractivity contribution is 7.14. The van der Waals surface area contributed by atoms with E-state index in [1.807, 2.05) is 13.0 Å². The van der Waals surface area contributed by atoms with Crippen molar-refractivity contribution in [3.8, 4) is 33.2 Å². The minimum absolute atomic E-state index is 0.179. The second-order valence-corrected chi connectivity index (χ2v) is 8.95.